The standard InChI is InChI=1S/C14H25N3O3S/c1-4-16(5-2)21(18,19)17(12-8-11-15)13-9-6-7-10-14(13)20-3/h6-7,9-10H,4-5,8,11-12,15H2,1-3H3. The second-order valence-electron chi connectivity index (χ2n) is 4.48. The Morgan fingerprint density at radius 2 is 1.81 bits per heavy atom. The number of para-hydroxylation sites is 2. The van der Waals surface area contributed by atoms with E-state index < -0.39 is 10.2 Å². The van der Waals surface area contributed by atoms with Gasteiger partial charge in [0.2, 0.25) is 0 Å². The molecule has 0 aromatic heterocycles. The molecule has 1 aromatic carbocycles. The van der Waals surface area contributed by atoms with Crippen LogP contribution in [-0.2, 0) is 10.2 Å². The SMILES string of the molecule is CCN(CC)S(=O)(=O)N(CCCN)c1ccccc1OC. The summed E-state index contributed by atoms with van der Waals surface area (Å²) in [6.07, 6.45) is 0.582. The first kappa shape index (κ1) is 17.7. The Labute approximate surface area is 127 Å². The van der Waals surface area contributed by atoms with E-state index in [0.717, 1.165) is 0 Å². The molecule has 120 valence electrons. The molecule has 0 unspecified atom stereocenters. The minimum absolute atomic E-state index is 0.329. The molecule has 1 aromatic rings. The van der Waals surface area contributed by atoms with Crippen molar-refractivity contribution in [2.75, 3.05) is 37.6 Å². The van der Waals surface area contributed by atoms with Crippen LogP contribution in [0.1, 0.15) is 20.3 Å². The van der Waals surface area contributed by atoms with Gasteiger partial charge in [-0.3, -0.25) is 4.31 Å². The van der Waals surface area contributed by atoms with Gasteiger partial charge in [-0.05, 0) is 25.1 Å². The van der Waals surface area contributed by atoms with Crippen LogP contribution in [0.15, 0.2) is 24.3 Å². The summed E-state index contributed by atoms with van der Waals surface area (Å²) < 4.78 is 33.7. The number of methoxy groups -OCH3 is 1. The second-order valence-corrected chi connectivity index (χ2v) is 6.33. The van der Waals surface area contributed by atoms with E-state index in [1.165, 1.54) is 15.7 Å². The molecule has 21 heavy (non-hydrogen) atoms. The largest absolute Gasteiger partial charge is 0.495 e. The van der Waals surface area contributed by atoms with E-state index in [1.54, 1.807) is 18.2 Å². The van der Waals surface area contributed by atoms with Crippen molar-refractivity contribution < 1.29 is 13.2 Å². The van der Waals surface area contributed by atoms with Crippen LogP contribution in [0.2, 0.25) is 0 Å². The van der Waals surface area contributed by atoms with Crippen molar-refractivity contribution in [3.8, 4) is 5.75 Å². The van der Waals surface area contributed by atoms with E-state index in [2.05, 4.69) is 0 Å². The predicted octanol–water partition coefficient (Wildman–Crippen LogP) is 1.44. The molecule has 0 fully saturated rings. The maximum Gasteiger partial charge on any atom is 0.304 e. The number of hydrogen-bond donors (Lipinski definition) is 1. The molecule has 0 radical (unpaired) electrons. The highest BCUT2D eigenvalue weighted by molar-refractivity contribution is 7.90. The first-order valence-electron chi connectivity index (χ1n) is 7.13. The van der Waals surface area contributed by atoms with Crippen LogP contribution in [0.5, 0.6) is 5.75 Å². The fraction of sp³-hybridized carbons (Fsp3) is 0.571. The fourth-order valence-corrected chi connectivity index (χ4v) is 3.81. The summed E-state index contributed by atoms with van der Waals surface area (Å²) in [6, 6.07) is 7.11. The third-order valence-electron chi connectivity index (χ3n) is 3.23. The van der Waals surface area contributed by atoms with Crippen LogP contribution in [0.4, 0.5) is 5.69 Å². The van der Waals surface area contributed by atoms with Crippen molar-refractivity contribution in [1.82, 2.24) is 4.31 Å². The Bertz CT molecular complexity index is 530. The highest BCUT2D eigenvalue weighted by Crippen LogP contribution is 2.30. The van der Waals surface area contributed by atoms with Crippen LogP contribution in [0.3, 0.4) is 0 Å². The molecule has 0 saturated carbocycles. The number of benzene rings is 1. The molecule has 2 N–H and O–H groups in total. The first-order valence-corrected chi connectivity index (χ1v) is 8.53. The molecule has 1 rings (SSSR count). The summed E-state index contributed by atoms with van der Waals surface area (Å²) in [6.45, 7) is 5.25. The maximum atomic E-state index is 12.8. The van der Waals surface area contributed by atoms with Gasteiger partial charge in [-0.2, -0.15) is 12.7 Å². The van der Waals surface area contributed by atoms with Gasteiger partial charge in [0, 0.05) is 19.6 Å². The van der Waals surface area contributed by atoms with E-state index in [1.807, 2.05) is 19.9 Å². The highest BCUT2D eigenvalue weighted by atomic mass is 32.2. The number of anilines is 1. The number of ether oxygens (including phenoxy) is 1. The monoisotopic (exact) mass is 315 g/mol. The Hall–Kier alpha value is -1.31. The van der Waals surface area contributed by atoms with Crippen LogP contribution < -0.4 is 14.8 Å². The zero-order chi connectivity index (χ0) is 15.9. The lowest BCUT2D eigenvalue weighted by Crippen LogP contribution is -2.44. The van der Waals surface area contributed by atoms with Gasteiger partial charge in [0.1, 0.15) is 5.75 Å². The lowest BCUT2D eigenvalue weighted by Gasteiger charge is -2.31. The summed E-state index contributed by atoms with van der Waals surface area (Å²) in [7, 11) is -2.06. The van der Waals surface area contributed by atoms with Crippen LogP contribution >= 0.6 is 0 Å². The molecule has 6 nitrogen and oxygen atoms in total. The maximum absolute atomic E-state index is 12.8. The minimum Gasteiger partial charge on any atom is -0.495 e. The summed E-state index contributed by atoms with van der Waals surface area (Å²) in [5.74, 6) is 0.533. The molecule has 0 saturated heterocycles. The summed E-state index contributed by atoms with van der Waals surface area (Å²) in [5.41, 5.74) is 6.09. The Balaban J connectivity index is 3.28. The van der Waals surface area contributed by atoms with Crippen molar-refractivity contribution in [1.29, 1.82) is 0 Å². The van der Waals surface area contributed by atoms with Crippen molar-refractivity contribution in [3.05, 3.63) is 24.3 Å². The van der Waals surface area contributed by atoms with E-state index in [-0.39, 0.29) is 0 Å². The van der Waals surface area contributed by atoms with E-state index in [9.17, 15) is 8.42 Å². The molecule has 0 aliphatic rings. The second kappa shape index (κ2) is 8.21. The number of hydrogen-bond acceptors (Lipinski definition) is 4. The summed E-state index contributed by atoms with van der Waals surface area (Å²) in [5, 5.41) is 0. The van der Waals surface area contributed by atoms with E-state index >= 15 is 0 Å². The van der Waals surface area contributed by atoms with Gasteiger partial charge in [-0.1, -0.05) is 26.0 Å². The lowest BCUT2D eigenvalue weighted by atomic mass is 10.3. The molecule has 0 spiro atoms. The molecule has 7 heteroatoms. The summed E-state index contributed by atoms with van der Waals surface area (Å²) in [4.78, 5) is 0. The average Bonchev–Trinajstić information content (AvgIpc) is 2.48. The predicted molar refractivity (Wildman–Crippen MR) is 85.9 cm³/mol. The zero-order valence-corrected chi connectivity index (χ0v) is 13.8. The smallest absolute Gasteiger partial charge is 0.304 e. The Morgan fingerprint density at radius 3 is 2.33 bits per heavy atom. The van der Waals surface area contributed by atoms with Gasteiger partial charge in [0.05, 0.1) is 12.8 Å². The molecule has 0 bridgehead atoms. The first-order chi connectivity index (χ1) is 10.0. The van der Waals surface area contributed by atoms with Crippen LogP contribution in [0, 0.1) is 0 Å². The molecule has 0 aliphatic heterocycles. The molecular formula is C14H25N3O3S. The Morgan fingerprint density at radius 1 is 1.19 bits per heavy atom. The zero-order valence-electron chi connectivity index (χ0n) is 12.9. The minimum atomic E-state index is -3.59. The van der Waals surface area contributed by atoms with Gasteiger partial charge in [-0.25, -0.2) is 0 Å². The van der Waals surface area contributed by atoms with Gasteiger partial charge < -0.3 is 10.5 Å². The van der Waals surface area contributed by atoms with Crippen molar-refractivity contribution >= 4 is 15.9 Å². The Kier molecular flexibility index (Phi) is 6.94. The molecule has 0 heterocycles. The van der Waals surface area contributed by atoms with Crippen LogP contribution in [0.25, 0.3) is 0 Å². The normalized spacial score (nSPS) is 11.7. The van der Waals surface area contributed by atoms with Gasteiger partial charge >= 0.3 is 10.2 Å². The third kappa shape index (κ3) is 4.09. The van der Waals surface area contributed by atoms with Gasteiger partial charge in [0.15, 0.2) is 0 Å². The van der Waals surface area contributed by atoms with Crippen molar-refractivity contribution in [2.24, 2.45) is 5.73 Å². The lowest BCUT2D eigenvalue weighted by molar-refractivity contribution is 0.413. The third-order valence-corrected chi connectivity index (χ3v) is 5.33. The average molecular weight is 315 g/mol. The van der Waals surface area contributed by atoms with Gasteiger partial charge in [-0.15, -0.1) is 0 Å². The van der Waals surface area contributed by atoms with E-state index in [4.69, 9.17) is 10.5 Å². The molecular weight excluding hydrogens is 290 g/mol. The summed E-state index contributed by atoms with van der Waals surface area (Å²) >= 11 is 0. The quantitative estimate of drug-likeness (QED) is 0.748. The topological polar surface area (TPSA) is 75.9 Å². The molecule has 0 amide bonds. The van der Waals surface area contributed by atoms with Gasteiger partial charge in [0.25, 0.3) is 0 Å². The van der Waals surface area contributed by atoms with E-state index in [0.29, 0.717) is 44.0 Å². The number of nitrogens with two attached hydrogens (primary N) is 1. The molecule has 0 atom stereocenters. The molecule has 0 aliphatic carbocycles. The highest BCUT2D eigenvalue weighted by Gasteiger charge is 2.29. The van der Waals surface area contributed by atoms with Crippen LogP contribution in [-0.4, -0.2) is 46.0 Å². The van der Waals surface area contributed by atoms with Crippen molar-refractivity contribution in [2.45, 2.75) is 20.3 Å². The van der Waals surface area contributed by atoms with Crippen molar-refractivity contribution in [3.63, 3.8) is 0 Å². The number of nitrogens with zero attached hydrogens (tertiary/aromatic N) is 2. The number of rotatable bonds is 9. The fourth-order valence-electron chi connectivity index (χ4n) is 2.12.